The lowest BCUT2D eigenvalue weighted by Crippen LogP contribution is -2.68. The van der Waals surface area contributed by atoms with Crippen LogP contribution in [0.2, 0.25) is 0 Å². The second-order valence-electron chi connectivity index (χ2n) is 26.4. The van der Waals surface area contributed by atoms with Crippen molar-refractivity contribution in [3.05, 3.63) is 12.2 Å². The van der Waals surface area contributed by atoms with E-state index in [1.165, 1.54) is 0 Å². The Bertz CT molecular complexity index is 2390. The summed E-state index contributed by atoms with van der Waals surface area (Å²) in [7, 11) is 0. The van der Waals surface area contributed by atoms with Crippen molar-refractivity contribution in [2.24, 2.45) is 28.1 Å². The number of aliphatic hydroxyl groups excluding tert-OH is 20. The van der Waals surface area contributed by atoms with Crippen LogP contribution in [0.1, 0.15) is 71.6 Å². The molecule has 2 unspecified atom stereocenters. The number of hydrogen-bond acceptors (Lipinski definition) is 33. The molecule has 0 aromatic rings. The Morgan fingerprint density at radius 3 is 1.18 bits per heavy atom. The van der Waals surface area contributed by atoms with Gasteiger partial charge in [-0.15, -0.1) is 0 Å². The van der Waals surface area contributed by atoms with E-state index in [1.807, 2.05) is 0 Å². The molecule has 6 heterocycles. The van der Waals surface area contributed by atoms with E-state index >= 15 is 4.79 Å². The van der Waals surface area contributed by atoms with Crippen LogP contribution in [0, 0.1) is 28.1 Å². The number of carbonyl (C=O) groups excluding carboxylic acids is 1. The lowest BCUT2D eigenvalue weighted by Gasteiger charge is -2.64. The Kier molecular flexibility index (Phi) is 21.4. The van der Waals surface area contributed by atoms with Crippen molar-refractivity contribution in [1.29, 1.82) is 0 Å². The van der Waals surface area contributed by atoms with Crippen LogP contribution in [-0.2, 0) is 61.6 Å². The maximum Gasteiger partial charge on any atom is 0.314 e. The highest BCUT2D eigenvalue weighted by Gasteiger charge is 2.70. The molecule has 89 heavy (non-hydrogen) atoms. The minimum atomic E-state index is -2.08. The van der Waals surface area contributed by atoms with Gasteiger partial charge in [-0.2, -0.15) is 0 Å². The molecular weight excluding hydrogens is 1200 g/mol. The maximum absolute atomic E-state index is 15.4. The molecule has 10 aliphatic rings. The molecule has 20 N–H and O–H groups in total. The zero-order valence-corrected chi connectivity index (χ0v) is 49.0. The zero-order chi connectivity index (χ0) is 64.7. The van der Waals surface area contributed by atoms with E-state index < -0.39 is 258 Å². The lowest BCUT2D eigenvalue weighted by atomic mass is 9.41. The SMILES string of the molecule is C=C1C[C@@]23CCC4[C@@](C)(CCC[C@@]4(C)C(=O)O[C@@H]4O[C@H](CO)[C@@H](O)[C@H](O[C@@H]5O[C@H](CO)[C@@H](O)[C@H](O)[C@H]5O)[C@H]4O[C@@H]4O[C@H](CO)[C@@H](O)[C@H](O)[C@H]4O)C2CC[C@@]1(O[C@@H]1O[C@H](CO)[C@@H](O)[C@H](O[C@@H]2O[C@H](CO)[C@@H](O)[C@H](O)[C@H]2O)[C@H]1O[C@@H]1O[C@H](CO)[C@@H](O)[C@H](O)[C@H]1O)C3. The van der Waals surface area contributed by atoms with Crippen molar-refractivity contribution in [2.75, 3.05) is 39.6 Å². The molecule has 6 saturated heterocycles. The zero-order valence-electron chi connectivity index (χ0n) is 49.0. The van der Waals surface area contributed by atoms with Crippen molar-refractivity contribution >= 4 is 5.97 Å². The van der Waals surface area contributed by atoms with Gasteiger partial charge >= 0.3 is 5.97 Å². The highest BCUT2D eigenvalue weighted by molar-refractivity contribution is 5.77. The number of rotatable bonds is 18. The number of carbonyl (C=O) groups is 1. The summed E-state index contributed by atoms with van der Waals surface area (Å²) in [6.07, 6.45) is -51.9. The number of aliphatic hydroxyl groups is 20. The fourth-order valence-electron chi connectivity index (χ4n) is 16.4. The van der Waals surface area contributed by atoms with E-state index in [-0.39, 0.29) is 25.2 Å². The molecule has 10 fully saturated rings. The van der Waals surface area contributed by atoms with Gasteiger partial charge in [0.05, 0.1) is 50.7 Å². The minimum absolute atomic E-state index is 0.154. The predicted octanol–water partition coefficient (Wildman–Crippen LogP) is -9.47. The van der Waals surface area contributed by atoms with Gasteiger partial charge in [0.2, 0.25) is 6.29 Å². The summed E-state index contributed by atoms with van der Waals surface area (Å²) in [5.41, 5.74) is -3.24. The average Bonchev–Trinajstić information content (AvgIpc) is 1.62. The third kappa shape index (κ3) is 12.3. The van der Waals surface area contributed by atoms with Crippen LogP contribution >= 0.6 is 0 Å². The van der Waals surface area contributed by atoms with Crippen LogP contribution in [0.15, 0.2) is 12.2 Å². The first kappa shape index (κ1) is 69.8. The van der Waals surface area contributed by atoms with Crippen molar-refractivity contribution in [1.82, 2.24) is 0 Å². The molecule has 0 amide bonds. The van der Waals surface area contributed by atoms with Gasteiger partial charge in [-0.25, -0.2) is 0 Å². The fraction of sp³-hybridized carbons (Fsp3) is 0.946. The summed E-state index contributed by atoms with van der Waals surface area (Å²) < 4.78 is 72.9. The van der Waals surface area contributed by atoms with Gasteiger partial charge in [-0.05, 0) is 86.5 Å². The Morgan fingerprint density at radius 1 is 0.427 bits per heavy atom. The first-order chi connectivity index (χ1) is 42.1. The van der Waals surface area contributed by atoms with Gasteiger partial charge in [0, 0.05) is 0 Å². The molecule has 2 bridgehead atoms. The topological polar surface area (TPSA) is 532 Å². The van der Waals surface area contributed by atoms with E-state index in [0.717, 1.165) is 0 Å². The molecule has 0 aromatic carbocycles. The molecule has 6 aliphatic heterocycles. The summed E-state index contributed by atoms with van der Waals surface area (Å²) in [5, 5.41) is 215. The summed E-state index contributed by atoms with van der Waals surface area (Å²) in [6.45, 7) is 3.03. The second-order valence-corrected chi connectivity index (χ2v) is 26.4. The van der Waals surface area contributed by atoms with E-state index in [9.17, 15) is 102 Å². The quantitative estimate of drug-likeness (QED) is 0.0344. The van der Waals surface area contributed by atoms with Gasteiger partial charge in [0.25, 0.3) is 0 Å². The molecule has 0 radical (unpaired) electrons. The van der Waals surface area contributed by atoms with E-state index in [0.29, 0.717) is 44.1 Å². The Labute approximate surface area is 509 Å². The Hall–Kier alpha value is -2.03. The van der Waals surface area contributed by atoms with Crippen LogP contribution < -0.4 is 0 Å². The normalized spacial score (nSPS) is 54.5. The lowest BCUT2D eigenvalue weighted by molar-refractivity contribution is -0.400. The number of ether oxygens (including phenoxy) is 12. The first-order valence-electron chi connectivity index (χ1n) is 30.4. The van der Waals surface area contributed by atoms with Crippen LogP contribution in [0.3, 0.4) is 0 Å². The van der Waals surface area contributed by atoms with E-state index in [1.54, 1.807) is 6.92 Å². The van der Waals surface area contributed by atoms with Gasteiger partial charge in [0.15, 0.2) is 37.6 Å². The molecule has 33 nitrogen and oxygen atoms in total. The molecule has 512 valence electrons. The Morgan fingerprint density at radius 2 is 0.775 bits per heavy atom. The summed E-state index contributed by atoms with van der Waals surface area (Å²) in [5.74, 6) is -1.44. The molecule has 0 aromatic heterocycles. The largest absolute Gasteiger partial charge is 0.432 e. The summed E-state index contributed by atoms with van der Waals surface area (Å²) in [4.78, 5) is 15.4. The van der Waals surface area contributed by atoms with Gasteiger partial charge in [0.1, 0.15) is 140 Å². The smallest absolute Gasteiger partial charge is 0.314 e. The molecule has 4 aliphatic carbocycles. The summed E-state index contributed by atoms with van der Waals surface area (Å²) >= 11 is 0. The number of esters is 1. The van der Waals surface area contributed by atoms with Gasteiger partial charge in [-0.3, -0.25) is 4.79 Å². The number of fused-ring (bicyclic) bond motifs is 3. The van der Waals surface area contributed by atoms with Crippen LogP contribution in [0.4, 0.5) is 0 Å². The monoisotopic (exact) mass is 1290 g/mol. The van der Waals surface area contributed by atoms with Crippen molar-refractivity contribution in [3.63, 3.8) is 0 Å². The number of hydrogen-bond donors (Lipinski definition) is 20. The fourth-order valence-corrected chi connectivity index (χ4v) is 16.4. The maximum atomic E-state index is 15.4. The Balaban J connectivity index is 0.921. The minimum Gasteiger partial charge on any atom is -0.432 e. The molecule has 10 rings (SSSR count). The van der Waals surface area contributed by atoms with Crippen molar-refractivity contribution < 1.29 is 164 Å². The molecule has 36 atom stereocenters. The molecule has 33 heteroatoms. The summed E-state index contributed by atoms with van der Waals surface area (Å²) in [6, 6.07) is 0. The van der Waals surface area contributed by atoms with Crippen molar-refractivity contribution in [3.8, 4) is 0 Å². The van der Waals surface area contributed by atoms with Crippen LogP contribution in [-0.4, -0.2) is 338 Å². The molecule has 4 saturated carbocycles. The van der Waals surface area contributed by atoms with Crippen molar-refractivity contribution in [2.45, 2.75) is 261 Å². The standard InChI is InChI=1S/C56H90O33/c1-19-11-55-9-5-26-53(2,7-4-8-54(26,3)52(77)88-50-44(86-48-40(75)36(71)30(65)22(14-59)80-48)42(32(67)24(16-61)82-50)84-46-38(73)34(69)28(63)20(12-57)78-46)27(55)6-10-56(19,18-55)89-51-45(87-49-41(76)37(72)31(66)23(15-60)81-49)43(33(68)25(17-62)83-51)85-47-39(74)35(70)29(64)21(13-58)79-47/h20-51,57-76H,1,4-18H2,2-3H3/t20-,21-,22-,23-,24-,25-,26?,27?,28-,29-,30-,31-,32-,33-,34+,35+,36+,37+,38-,39-,40-,41-,42+,43+,44-,45-,46+,47+,48+,49+,50+,51+,53-,54-,55-,56-/m1/s1. The first-order valence-corrected chi connectivity index (χ1v) is 30.4. The molecule has 1 spiro atoms. The second kappa shape index (κ2) is 27.2. The third-order valence-electron chi connectivity index (χ3n) is 21.3. The van der Waals surface area contributed by atoms with Gasteiger partial charge in [-0.1, -0.05) is 19.9 Å². The van der Waals surface area contributed by atoms with E-state index in [4.69, 9.17) is 56.8 Å². The highest BCUT2D eigenvalue weighted by atomic mass is 16.8. The van der Waals surface area contributed by atoms with Crippen LogP contribution in [0.25, 0.3) is 0 Å². The highest BCUT2D eigenvalue weighted by Crippen LogP contribution is 2.74. The van der Waals surface area contributed by atoms with Crippen LogP contribution in [0.5, 0.6) is 0 Å². The predicted molar refractivity (Wildman–Crippen MR) is 284 cm³/mol. The average molecular weight is 1290 g/mol. The van der Waals surface area contributed by atoms with E-state index in [2.05, 4.69) is 13.5 Å². The molecular formula is C56H90O33. The van der Waals surface area contributed by atoms with Gasteiger partial charge < -0.3 is 159 Å². The third-order valence-corrected chi connectivity index (χ3v) is 21.3.